The van der Waals surface area contributed by atoms with Crippen molar-refractivity contribution in [1.82, 2.24) is 0 Å². The number of hydrogen-bond donors (Lipinski definition) is 1. The molecule has 0 bridgehead atoms. The minimum atomic E-state index is -1.60. The molecule has 1 N–H and O–H groups in total. The van der Waals surface area contributed by atoms with Crippen LogP contribution < -0.4 is 0 Å². The molecule has 0 aromatic carbocycles. The van der Waals surface area contributed by atoms with Crippen molar-refractivity contribution in [1.29, 1.82) is 0 Å². The summed E-state index contributed by atoms with van der Waals surface area (Å²) >= 11 is -1.60. The van der Waals surface area contributed by atoms with Crippen LogP contribution in [0, 0.1) is 5.41 Å². The first-order chi connectivity index (χ1) is 4.66. The number of hydrogen-bond acceptors (Lipinski definition) is 4. The van der Waals surface area contributed by atoms with Gasteiger partial charge in [0.05, 0.1) is 19.8 Å². The summed E-state index contributed by atoms with van der Waals surface area (Å²) in [5.41, 5.74) is -0.381. The molecule has 0 radical (unpaired) electrons. The normalized spacial score (nSPS) is 41.6. The SMILES string of the molecule is CC1(CO)COS(=O)OC1. The van der Waals surface area contributed by atoms with Gasteiger partial charge in [0.15, 0.2) is 0 Å². The Morgan fingerprint density at radius 1 is 1.60 bits per heavy atom. The molecule has 1 fully saturated rings. The number of rotatable bonds is 1. The van der Waals surface area contributed by atoms with Crippen molar-refractivity contribution in [2.75, 3.05) is 19.8 Å². The minimum absolute atomic E-state index is 0.00972. The van der Waals surface area contributed by atoms with E-state index in [9.17, 15) is 4.21 Å². The Labute approximate surface area is 62.0 Å². The van der Waals surface area contributed by atoms with Crippen molar-refractivity contribution in [3.05, 3.63) is 0 Å². The molecular formula is C5H10O4S. The second kappa shape index (κ2) is 2.96. The van der Waals surface area contributed by atoms with Gasteiger partial charge >= 0.3 is 11.4 Å². The number of aliphatic hydroxyl groups is 1. The highest BCUT2D eigenvalue weighted by Gasteiger charge is 2.31. The molecule has 10 heavy (non-hydrogen) atoms. The predicted octanol–water partition coefficient (Wildman–Crippen LogP) is -0.389. The molecule has 1 heterocycles. The average molecular weight is 166 g/mol. The third-order valence-electron chi connectivity index (χ3n) is 1.39. The van der Waals surface area contributed by atoms with Crippen LogP contribution in [0.3, 0.4) is 0 Å². The molecule has 5 heteroatoms. The van der Waals surface area contributed by atoms with Crippen LogP contribution in [0.4, 0.5) is 0 Å². The molecule has 1 aliphatic rings. The minimum Gasteiger partial charge on any atom is -0.396 e. The lowest BCUT2D eigenvalue weighted by molar-refractivity contribution is 0.00857. The highest BCUT2D eigenvalue weighted by Crippen LogP contribution is 2.21. The van der Waals surface area contributed by atoms with Gasteiger partial charge in [-0.05, 0) is 0 Å². The van der Waals surface area contributed by atoms with E-state index in [4.69, 9.17) is 5.11 Å². The number of aliphatic hydroxyl groups excluding tert-OH is 1. The summed E-state index contributed by atoms with van der Waals surface area (Å²) in [6.07, 6.45) is 0. The molecule has 1 aliphatic heterocycles. The summed E-state index contributed by atoms with van der Waals surface area (Å²) in [5.74, 6) is 0. The lowest BCUT2D eigenvalue weighted by Gasteiger charge is -2.29. The van der Waals surface area contributed by atoms with Crippen LogP contribution in [-0.2, 0) is 19.7 Å². The van der Waals surface area contributed by atoms with Crippen LogP contribution in [0.1, 0.15) is 6.92 Å². The molecule has 1 rings (SSSR count). The fraction of sp³-hybridized carbons (Fsp3) is 1.00. The van der Waals surface area contributed by atoms with Gasteiger partial charge < -0.3 is 5.11 Å². The van der Waals surface area contributed by atoms with Gasteiger partial charge in [0.1, 0.15) is 0 Å². The van der Waals surface area contributed by atoms with E-state index in [1.807, 2.05) is 6.92 Å². The van der Waals surface area contributed by atoms with Crippen LogP contribution in [0.25, 0.3) is 0 Å². The molecule has 0 amide bonds. The lowest BCUT2D eigenvalue weighted by Crippen LogP contribution is -2.37. The molecule has 0 aliphatic carbocycles. The summed E-state index contributed by atoms with van der Waals surface area (Å²) in [4.78, 5) is 0. The molecule has 0 spiro atoms. The molecule has 0 aromatic rings. The molecule has 60 valence electrons. The molecular weight excluding hydrogens is 156 g/mol. The Balaban J connectivity index is 2.46. The molecule has 0 saturated carbocycles. The van der Waals surface area contributed by atoms with Crippen molar-refractivity contribution in [2.45, 2.75) is 6.92 Å². The fourth-order valence-corrected chi connectivity index (χ4v) is 1.38. The standard InChI is InChI=1S/C5H10O4S/c1-5(2-6)3-8-10(7)9-4-5/h6H,2-4H2,1H3. The van der Waals surface area contributed by atoms with Crippen molar-refractivity contribution < 1.29 is 17.7 Å². The van der Waals surface area contributed by atoms with Gasteiger partial charge in [0, 0.05) is 5.41 Å². The molecule has 0 unspecified atom stereocenters. The van der Waals surface area contributed by atoms with E-state index in [-0.39, 0.29) is 25.2 Å². The summed E-state index contributed by atoms with van der Waals surface area (Å²) in [6.45, 7) is 2.37. The van der Waals surface area contributed by atoms with E-state index in [1.165, 1.54) is 0 Å². The zero-order chi connectivity index (χ0) is 7.61. The van der Waals surface area contributed by atoms with E-state index >= 15 is 0 Å². The fourth-order valence-electron chi connectivity index (χ4n) is 0.548. The molecule has 1 saturated heterocycles. The summed E-state index contributed by atoms with van der Waals surface area (Å²) in [5, 5.41) is 8.78. The van der Waals surface area contributed by atoms with Crippen molar-refractivity contribution >= 4 is 11.4 Å². The second-order valence-corrected chi connectivity index (χ2v) is 3.58. The largest absolute Gasteiger partial charge is 0.396 e. The van der Waals surface area contributed by atoms with Crippen LogP contribution >= 0.6 is 0 Å². The highest BCUT2D eigenvalue weighted by molar-refractivity contribution is 7.75. The highest BCUT2D eigenvalue weighted by atomic mass is 32.2. The van der Waals surface area contributed by atoms with Crippen molar-refractivity contribution in [2.24, 2.45) is 5.41 Å². The average Bonchev–Trinajstić information content (AvgIpc) is 1.96. The quantitative estimate of drug-likeness (QED) is 0.576. The van der Waals surface area contributed by atoms with Crippen LogP contribution in [-0.4, -0.2) is 29.1 Å². The van der Waals surface area contributed by atoms with Gasteiger partial charge in [-0.25, -0.2) is 0 Å². The Morgan fingerprint density at radius 3 is 2.50 bits per heavy atom. The smallest absolute Gasteiger partial charge is 0.304 e. The van der Waals surface area contributed by atoms with E-state index in [0.717, 1.165) is 0 Å². The van der Waals surface area contributed by atoms with Crippen LogP contribution in [0.15, 0.2) is 0 Å². The van der Waals surface area contributed by atoms with E-state index in [0.29, 0.717) is 0 Å². The van der Waals surface area contributed by atoms with Crippen LogP contribution in [0.2, 0.25) is 0 Å². The predicted molar refractivity (Wildman–Crippen MR) is 35.2 cm³/mol. The van der Waals surface area contributed by atoms with Gasteiger partial charge in [-0.2, -0.15) is 4.21 Å². The van der Waals surface area contributed by atoms with Gasteiger partial charge in [-0.3, -0.25) is 8.37 Å². The first kappa shape index (κ1) is 8.13. The maximum atomic E-state index is 10.5. The summed E-state index contributed by atoms with van der Waals surface area (Å²) < 4.78 is 19.8. The van der Waals surface area contributed by atoms with E-state index < -0.39 is 11.4 Å². The third-order valence-corrected chi connectivity index (χ3v) is 2.01. The molecule has 0 aromatic heterocycles. The summed E-state index contributed by atoms with van der Waals surface area (Å²) in [7, 11) is 0. The molecule has 0 atom stereocenters. The zero-order valence-electron chi connectivity index (χ0n) is 5.70. The van der Waals surface area contributed by atoms with Crippen molar-refractivity contribution in [3.63, 3.8) is 0 Å². The maximum Gasteiger partial charge on any atom is 0.304 e. The van der Waals surface area contributed by atoms with E-state index in [1.54, 1.807) is 0 Å². The third kappa shape index (κ3) is 1.76. The van der Waals surface area contributed by atoms with Crippen molar-refractivity contribution in [3.8, 4) is 0 Å². The first-order valence-corrected chi connectivity index (χ1v) is 3.95. The van der Waals surface area contributed by atoms with Gasteiger partial charge in [0.2, 0.25) is 0 Å². The lowest BCUT2D eigenvalue weighted by atomic mass is 9.95. The Bertz CT molecular complexity index is 137. The Morgan fingerprint density at radius 2 is 2.10 bits per heavy atom. The van der Waals surface area contributed by atoms with Crippen LogP contribution in [0.5, 0.6) is 0 Å². The Kier molecular flexibility index (Phi) is 2.40. The zero-order valence-corrected chi connectivity index (χ0v) is 6.52. The monoisotopic (exact) mass is 166 g/mol. The van der Waals surface area contributed by atoms with Gasteiger partial charge in [-0.1, -0.05) is 6.92 Å². The molecule has 4 nitrogen and oxygen atoms in total. The van der Waals surface area contributed by atoms with E-state index in [2.05, 4.69) is 8.37 Å². The maximum absolute atomic E-state index is 10.5. The van der Waals surface area contributed by atoms with Gasteiger partial charge in [-0.15, -0.1) is 0 Å². The second-order valence-electron chi connectivity index (χ2n) is 2.70. The Hall–Kier alpha value is 0.0300. The summed E-state index contributed by atoms with van der Waals surface area (Å²) in [6, 6.07) is 0. The topological polar surface area (TPSA) is 55.8 Å². The van der Waals surface area contributed by atoms with Gasteiger partial charge in [0.25, 0.3) is 0 Å². The first-order valence-electron chi connectivity index (χ1n) is 2.95.